The Balaban J connectivity index is 2.19. The van der Waals surface area contributed by atoms with E-state index in [1.807, 2.05) is 45.9 Å². The van der Waals surface area contributed by atoms with Gasteiger partial charge in [-0.05, 0) is 52.0 Å². The molecule has 134 valence electrons. The van der Waals surface area contributed by atoms with Crippen LogP contribution in [0.25, 0.3) is 10.9 Å². The molecule has 0 bridgehead atoms. The molecular formula is C19H25N3O3. The third-order valence-electron chi connectivity index (χ3n) is 3.63. The number of rotatable bonds is 5. The SMILES string of the molecule is CCN(CC(=O)NC(C)(C)C)C(=O)c1ccc2cc(OC)ccc2n1. The van der Waals surface area contributed by atoms with Crippen LogP contribution < -0.4 is 10.1 Å². The molecule has 0 aliphatic rings. The fourth-order valence-electron chi connectivity index (χ4n) is 2.47. The van der Waals surface area contributed by atoms with Crippen LogP contribution in [0, 0.1) is 0 Å². The van der Waals surface area contributed by atoms with Crippen molar-refractivity contribution in [2.45, 2.75) is 33.2 Å². The second-order valence-electron chi connectivity index (χ2n) is 6.87. The predicted octanol–water partition coefficient (Wildman–Crippen LogP) is 2.62. The number of hydrogen-bond acceptors (Lipinski definition) is 4. The molecule has 1 N–H and O–H groups in total. The third-order valence-corrected chi connectivity index (χ3v) is 3.63. The number of aromatic nitrogens is 1. The van der Waals surface area contributed by atoms with Gasteiger partial charge >= 0.3 is 0 Å². The molecule has 6 nitrogen and oxygen atoms in total. The lowest BCUT2D eigenvalue weighted by atomic mass is 10.1. The quantitative estimate of drug-likeness (QED) is 0.906. The summed E-state index contributed by atoms with van der Waals surface area (Å²) in [6.07, 6.45) is 0. The van der Waals surface area contributed by atoms with Crippen molar-refractivity contribution in [2.24, 2.45) is 0 Å². The average molecular weight is 343 g/mol. The van der Waals surface area contributed by atoms with E-state index in [1.54, 1.807) is 19.2 Å². The van der Waals surface area contributed by atoms with Gasteiger partial charge in [0.1, 0.15) is 11.4 Å². The van der Waals surface area contributed by atoms with Crippen LogP contribution in [0.3, 0.4) is 0 Å². The maximum atomic E-state index is 12.7. The van der Waals surface area contributed by atoms with Gasteiger partial charge in [0.25, 0.3) is 5.91 Å². The first kappa shape index (κ1) is 18.7. The Hall–Kier alpha value is -2.63. The number of pyridine rings is 1. The molecule has 1 aromatic heterocycles. The molecule has 1 heterocycles. The minimum Gasteiger partial charge on any atom is -0.497 e. The highest BCUT2D eigenvalue weighted by Gasteiger charge is 2.21. The topological polar surface area (TPSA) is 71.5 Å². The molecule has 6 heteroatoms. The molecule has 0 aliphatic heterocycles. The fraction of sp³-hybridized carbons (Fsp3) is 0.421. The van der Waals surface area contributed by atoms with Gasteiger partial charge in [-0.15, -0.1) is 0 Å². The highest BCUT2D eigenvalue weighted by atomic mass is 16.5. The van der Waals surface area contributed by atoms with Gasteiger partial charge < -0.3 is 15.0 Å². The van der Waals surface area contributed by atoms with E-state index in [0.717, 1.165) is 11.1 Å². The smallest absolute Gasteiger partial charge is 0.272 e. The number of hydrogen-bond donors (Lipinski definition) is 1. The van der Waals surface area contributed by atoms with Crippen molar-refractivity contribution in [3.05, 3.63) is 36.0 Å². The highest BCUT2D eigenvalue weighted by Crippen LogP contribution is 2.20. The molecule has 0 atom stereocenters. The van der Waals surface area contributed by atoms with Gasteiger partial charge in [0.2, 0.25) is 5.91 Å². The zero-order chi connectivity index (χ0) is 18.6. The molecule has 0 fully saturated rings. The van der Waals surface area contributed by atoms with Crippen LogP contribution in [0.15, 0.2) is 30.3 Å². The first-order valence-electron chi connectivity index (χ1n) is 8.28. The van der Waals surface area contributed by atoms with E-state index in [4.69, 9.17) is 4.74 Å². The van der Waals surface area contributed by atoms with E-state index in [-0.39, 0.29) is 23.9 Å². The van der Waals surface area contributed by atoms with Gasteiger partial charge in [0, 0.05) is 17.5 Å². The number of amides is 2. The van der Waals surface area contributed by atoms with Crippen LogP contribution >= 0.6 is 0 Å². The van der Waals surface area contributed by atoms with Gasteiger partial charge in [-0.2, -0.15) is 0 Å². The Kier molecular flexibility index (Phi) is 5.62. The van der Waals surface area contributed by atoms with Crippen LogP contribution in [0.2, 0.25) is 0 Å². The van der Waals surface area contributed by atoms with Gasteiger partial charge in [0.05, 0.1) is 19.2 Å². The summed E-state index contributed by atoms with van der Waals surface area (Å²) in [5.74, 6) is 0.292. The van der Waals surface area contributed by atoms with E-state index in [9.17, 15) is 9.59 Å². The van der Waals surface area contributed by atoms with Crippen LogP contribution in [0.5, 0.6) is 5.75 Å². The molecule has 1 aromatic carbocycles. The van der Waals surface area contributed by atoms with E-state index in [0.29, 0.717) is 17.8 Å². The summed E-state index contributed by atoms with van der Waals surface area (Å²) in [4.78, 5) is 30.7. The van der Waals surface area contributed by atoms with Crippen LogP contribution in [0.1, 0.15) is 38.2 Å². The molecule has 0 unspecified atom stereocenters. The molecular weight excluding hydrogens is 318 g/mol. The number of fused-ring (bicyclic) bond motifs is 1. The monoisotopic (exact) mass is 343 g/mol. The zero-order valence-electron chi connectivity index (χ0n) is 15.4. The predicted molar refractivity (Wildman–Crippen MR) is 97.8 cm³/mol. The number of nitrogens with one attached hydrogen (secondary N) is 1. The lowest BCUT2D eigenvalue weighted by Crippen LogP contribution is -2.47. The first-order chi connectivity index (χ1) is 11.7. The van der Waals surface area contributed by atoms with E-state index < -0.39 is 0 Å². The van der Waals surface area contributed by atoms with Crippen molar-refractivity contribution in [1.29, 1.82) is 0 Å². The van der Waals surface area contributed by atoms with Crippen molar-refractivity contribution in [2.75, 3.05) is 20.2 Å². The third kappa shape index (κ3) is 4.92. The number of likely N-dealkylation sites (N-methyl/N-ethyl adjacent to an activating group) is 1. The normalized spacial score (nSPS) is 11.2. The van der Waals surface area contributed by atoms with E-state index >= 15 is 0 Å². The summed E-state index contributed by atoms with van der Waals surface area (Å²) in [5, 5.41) is 3.76. The number of carbonyl (C=O) groups is 2. The standard InChI is InChI=1S/C19H25N3O3/c1-6-22(12-17(23)21-19(2,3)4)18(24)16-9-7-13-11-14(25-5)8-10-15(13)20-16/h7-11H,6,12H2,1-5H3,(H,21,23). The Morgan fingerprint density at radius 1 is 1.20 bits per heavy atom. The summed E-state index contributed by atoms with van der Waals surface area (Å²) < 4.78 is 5.19. The van der Waals surface area contributed by atoms with Crippen LogP contribution in [0.4, 0.5) is 0 Å². The van der Waals surface area contributed by atoms with E-state index in [2.05, 4.69) is 10.3 Å². The van der Waals surface area contributed by atoms with Crippen molar-refractivity contribution < 1.29 is 14.3 Å². The van der Waals surface area contributed by atoms with Gasteiger partial charge in [-0.3, -0.25) is 9.59 Å². The number of carbonyl (C=O) groups excluding carboxylic acids is 2. The van der Waals surface area contributed by atoms with Crippen LogP contribution in [-0.2, 0) is 4.79 Å². The summed E-state index contributed by atoms with van der Waals surface area (Å²) in [6.45, 7) is 7.99. The lowest BCUT2D eigenvalue weighted by molar-refractivity contribution is -0.123. The molecule has 2 amide bonds. The number of benzene rings is 1. The molecule has 2 aromatic rings. The Morgan fingerprint density at radius 2 is 1.92 bits per heavy atom. The van der Waals surface area contributed by atoms with Gasteiger partial charge in [-0.1, -0.05) is 6.07 Å². The minimum atomic E-state index is -0.334. The second kappa shape index (κ2) is 7.51. The maximum Gasteiger partial charge on any atom is 0.272 e. The fourth-order valence-corrected chi connectivity index (χ4v) is 2.47. The molecule has 0 spiro atoms. The summed E-state index contributed by atoms with van der Waals surface area (Å²) >= 11 is 0. The molecule has 0 saturated carbocycles. The maximum absolute atomic E-state index is 12.7. The Labute approximate surface area is 148 Å². The molecule has 0 aliphatic carbocycles. The van der Waals surface area contributed by atoms with Crippen molar-refractivity contribution in [3.63, 3.8) is 0 Å². The van der Waals surface area contributed by atoms with Gasteiger partial charge in [-0.25, -0.2) is 4.98 Å². The number of nitrogens with zero attached hydrogens (tertiary/aromatic N) is 2. The molecule has 0 saturated heterocycles. The minimum absolute atomic E-state index is 0.00886. The summed E-state index contributed by atoms with van der Waals surface area (Å²) in [5.41, 5.74) is 0.699. The first-order valence-corrected chi connectivity index (χ1v) is 8.28. The highest BCUT2D eigenvalue weighted by molar-refractivity contribution is 5.97. The van der Waals surface area contributed by atoms with Crippen molar-refractivity contribution >= 4 is 22.7 Å². The second-order valence-corrected chi connectivity index (χ2v) is 6.87. The lowest BCUT2D eigenvalue weighted by Gasteiger charge is -2.25. The van der Waals surface area contributed by atoms with Crippen LogP contribution in [-0.4, -0.2) is 47.4 Å². The largest absolute Gasteiger partial charge is 0.497 e. The van der Waals surface area contributed by atoms with Gasteiger partial charge in [0.15, 0.2) is 0 Å². The molecule has 25 heavy (non-hydrogen) atoms. The summed E-state index contributed by atoms with van der Waals surface area (Å²) in [6, 6.07) is 8.99. The summed E-state index contributed by atoms with van der Waals surface area (Å²) in [7, 11) is 1.61. The Morgan fingerprint density at radius 3 is 2.52 bits per heavy atom. The average Bonchev–Trinajstić information content (AvgIpc) is 2.56. The molecule has 0 radical (unpaired) electrons. The van der Waals surface area contributed by atoms with Crippen molar-refractivity contribution in [1.82, 2.24) is 15.2 Å². The van der Waals surface area contributed by atoms with E-state index in [1.165, 1.54) is 4.90 Å². The van der Waals surface area contributed by atoms with Crippen molar-refractivity contribution in [3.8, 4) is 5.75 Å². The number of methoxy groups -OCH3 is 1. The molecule has 2 rings (SSSR count). The number of ether oxygens (including phenoxy) is 1. The Bertz CT molecular complexity index is 781. The zero-order valence-corrected chi connectivity index (χ0v) is 15.4.